The highest BCUT2D eigenvalue weighted by Gasteiger charge is 2.16. The molecule has 0 heterocycles. The van der Waals surface area contributed by atoms with Crippen LogP contribution >= 0.6 is 0 Å². The summed E-state index contributed by atoms with van der Waals surface area (Å²) in [4.78, 5) is 35.4. The maximum atomic E-state index is 11.9. The summed E-state index contributed by atoms with van der Waals surface area (Å²) >= 11 is 0. The molecule has 0 saturated carbocycles. The second kappa shape index (κ2) is 8.26. The van der Waals surface area contributed by atoms with Crippen LogP contribution in [-0.4, -0.2) is 24.4 Å². The highest BCUT2D eigenvalue weighted by Crippen LogP contribution is 2.14. The van der Waals surface area contributed by atoms with Crippen LogP contribution in [0.1, 0.15) is 22.8 Å². The lowest BCUT2D eigenvalue weighted by Gasteiger charge is -2.08. The number of carbonyl (C=O) groups excluding carboxylic acids is 3. The van der Waals surface area contributed by atoms with Crippen molar-refractivity contribution in [3.8, 4) is 6.07 Å². The number of carbonyl (C=O) groups is 3. The van der Waals surface area contributed by atoms with Gasteiger partial charge in [0.25, 0.3) is 0 Å². The molecule has 0 unspecified atom stereocenters. The van der Waals surface area contributed by atoms with Crippen molar-refractivity contribution in [2.75, 3.05) is 17.2 Å². The molecule has 25 heavy (non-hydrogen) atoms. The quantitative estimate of drug-likeness (QED) is 0.657. The molecule has 7 nitrogen and oxygen atoms in total. The molecule has 2 aromatic carbocycles. The molecular formula is C18H15N3O4. The third kappa shape index (κ3) is 4.65. The topological polar surface area (TPSA) is 108 Å². The minimum absolute atomic E-state index is 0.252. The van der Waals surface area contributed by atoms with E-state index in [1.807, 2.05) is 6.07 Å². The van der Waals surface area contributed by atoms with Gasteiger partial charge in [-0.25, -0.2) is 4.79 Å². The number of benzene rings is 2. The maximum Gasteiger partial charge on any atom is 0.338 e. The number of ether oxygens (including phenoxy) is 1. The lowest BCUT2D eigenvalue weighted by atomic mass is 10.2. The number of esters is 1. The van der Waals surface area contributed by atoms with Crippen molar-refractivity contribution in [2.24, 2.45) is 0 Å². The highest BCUT2D eigenvalue weighted by atomic mass is 16.5. The Balaban J connectivity index is 2.00. The number of amides is 2. The van der Waals surface area contributed by atoms with Crippen molar-refractivity contribution in [3.05, 3.63) is 59.7 Å². The maximum absolute atomic E-state index is 11.9. The highest BCUT2D eigenvalue weighted by molar-refractivity contribution is 6.43. The minimum Gasteiger partial charge on any atom is -0.462 e. The van der Waals surface area contributed by atoms with E-state index >= 15 is 0 Å². The molecule has 0 radical (unpaired) electrons. The number of hydrogen-bond acceptors (Lipinski definition) is 5. The van der Waals surface area contributed by atoms with Gasteiger partial charge in [-0.2, -0.15) is 5.26 Å². The number of nitrogens with zero attached hydrogens (tertiary/aromatic N) is 1. The van der Waals surface area contributed by atoms with Gasteiger partial charge in [0.1, 0.15) is 6.07 Å². The summed E-state index contributed by atoms with van der Waals surface area (Å²) in [7, 11) is 0. The van der Waals surface area contributed by atoms with Gasteiger partial charge in [0.05, 0.1) is 23.4 Å². The van der Waals surface area contributed by atoms with Gasteiger partial charge in [-0.15, -0.1) is 0 Å². The first-order chi connectivity index (χ1) is 12.0. The molecule has 0 aromatic heterocycles. The average Bonchev–Trinajstić information content (AvgIpc) is 2.63. The molecule has 0 fully saturated rings. The Kier molecular flexibility index (Phi) is 5.85. The van der Waals surface area contributed by atoms with E-state index < -0.39 is 17.8 Å². The molecule has 2 aromatic rings. The zero-order valence-corrected chi connectivity index (χ0v) is 13.4. The van der Waals surface area contributed by atoms with Gasteiger partial charge >= 0.3 is 17.8 Å². The summed E-state index contributed by atoms with van der Waals surface area (Å²) in [6.07, 6.45) is 0. The molecule has 126 valence electrons. The summed E-state index contributed by atoms with van der Waals surface area (Å²) in [5.41, 5.74) is 1.19. The van der Waals surface area contributed by atoms with Crippen LogP contribution in [0.25, 0.3) is 0 Å². The van der Waals surface area contributed by atoms with E-state index in [-0.39, 0.29) is 17.9 Å². The molecule has 0 atom stereocenters. The van der Waals surface area contributed by atoms with Gasteiger partial charge in [0.15, 0.2) is 0 Å². The van der Waals surface area contributed by atoms with Gasteiger partial charge in [0, 0.05) is 5.69 Å². The van der Waals surface area contributed by atoms with E-state index in [0.29, 0.717) is 11.3 Å². The summed E-state index contributed by atoms with van der Waals surface area (Å²) in [5, 5.41) is 13.8. The third-order valence-electron chi connectivity index (χ3n) is 3.16. The van der Waals surface area contributed by atoms with Crippen LogP contribution in [0.4, 0.5) is 11.4 Å². The first-order valence-corrected chi connectivity index (χ1v) is 7.43. The van der Waals surface area contributed by atoms with Crippen molar-refractivity contribution < 1.29 is 19.1 Å². The Labute approximate surface area is 144 Å². The smallest absolute Gasteiger partial charge is 0.338 e. The lowest BCUT2D eigenvalue weighted by molar-refractivity contribution is -0.133. The van der Waals surface area contributed by atoms with Crippen LogP contribution in [0, 0.1) is 11.3 Å². The number of rotatable bonds is 4. The summed E-state index contributed by atoms with van der Waals surface area (Å²) in [6.45, 7) is 1.97. The van der Waals surface area contributed by atoms with Gasteiger partial charge < -0.3 is 15.4 Å². The predicted octanol–water partition coefficient (Wildman–Crippen LogP) is 2.31. The fourth-order valence-corrected chi connectivity index (χ4v) is 1.96. The molecule has 0 aliphatic carbocycles. The molecule has 0 spiro atoms. The predicted molar refractivity (Wildman–Crippen MR) is 90.8 cm³/mol. The van der Waals surface area contributed by atoms with Crippen molar-refractivity contribution in [2.45, 2.75) is 6.92 Å². The molecule has 2 rings (SSSR count). The number of para-hydroxylation sites is 1. The molecule has 7 heteroatoms. The SMILES string of the molecule is CCOC(=O)c1ccc(NC(=O)C(=O)Nc2ccccc2C#N)cc1. The van der Waals surface area contributed by atoms with Gasteiger partial charge in [0.2, 0.25) is 0 Å². The van der Waals surface area contributed by atoms with E-state index in [0.717, 1.165) is 0 Å². The molecule has 0 aliphatic rings. The van der Waals surface area contributed by atoms with E-state index in [4.69, 9.17) is 10.00 Å². The van der Waals surface area contributed by atoms with Crippen LogP contribution in [0.3, 0.4) is 0 Å². The minimum atomic E-state index is -0.905. The van der Waals surface area contributed by atoms with E-state index in [1.54, 1.807) is 19.1 Å². The Morgan fingerprint density at radius 2 is 1.64 bits per heavy atom. The molecule has 0 aliphatic heterocycles. The van der Waals surface area contributed by atoms with Crippen molar-refractivity contribution in [1.29, 1.82) is 5.26 Å². The molecule has 0 saturated heterocycles. The van der Waals surface area contributed by atoms with Gasteiger partial charge in [-0.05, 0) is 43.3 Å². The average molecular weight is 337 g/mol. The first kappa shape index (κ1) is 17.7. The molecule has 2 amide bonds. The van der Waals surface area contributed by atoms with Crippen LogP contribution in [0.5, 0.6) is 0 Å². The van der Waals surface area contributed by atoms with Crippen LogP contribution in [-0.2, 0) is 14.3 Å². The fraction of sp³-hybridized carbons (Fsp3) is 0.111. The number of nitrogens with one attached hydrogen (secondary N) is 2. The van der Waals surface area contributed by atoms with Gasteiger partial charge in [-0.1, -0.05) is 12.1 Å². The number of anilines is 2. The molecule has 2 N–H and O–H groups in total. The van der Waals surface area contributed by atoms with Crippen molar-refractivity contribution in [1.82, 2.24) is 0 Å². The zero-order chi connectivity index (χ0) is 18.2. The number of nitriles is 1. The van der Waals surface area contributed by atoms with Crippen LogP contribution < -0.4 is 10.6 Å². The summed E-state index contributed by atoms with van der Waals surface area (Å²) in [5.74, 6) is -2.26. The monoisotopic (exact) mass is 337 g/mol. The Morgan fingerprint density at radius 1 is 1.00 bits per heavy atom. The Morgan fingerprint density at radius 3 is 2.28 bits per heavy atom. The lowest BCUT2D eigenvalue weighted by Crippen LogP contribution is -2.29. The standard InChI is InChI=1S/C18H15N3O4/c1-2-25-18(24)12-7-9-14(10-8-12)20-16(22)17(23)21-15-6-4-3-5-13(15)11-19/h3-10H,2H2,1H3,(H,20,22)(H,21,23). The molecule has 0 bridgehead atoms. The Hall–Kier alpha value is -3.66. The zero-order valence-electron chi connectivity index (χ0n) is 13.4. The van der Waals surface area contributed by atoms with E-state index in [2.05, 4.69) is 10.6 Å². The Bertz CT molecular complexity index is 838. The summed E-state index contributed by atoms with van der Waals surface area (Å²) < 4.78 is 4.86. The van der Waals surface area contributed by atoms with E-state index in [1.165, 1.54) is 36.4 Å². The largest absolute Gasteiger partial charge is 0.462 e. The van der Waals surface area contributed by atoms with E-state index in [9.17, 15) is 14.4 Å². The second-order valence-electron chi connectivity index (χ2n) is 4.86. The van der Waals surface area contributed by atoms with Crippen molar-refractivity contribution >= 4 is 29.2 Å². The molecular weight excluding hydrogens is 322 g/mol. The van der Waals surface area contributed by atoms with Crippen LogP contribution in [0.15, 0.2) is 48.5 Å². The fourth-order valence-electron chi connectivity index (χ4n) is 1.96. The second-order valence-corrected chi connectivity index (χ2v) is 4.86. The van der Waals surface area contributed by atoms with Gasteiger partial charge in [-0.3, -0.25) is 9.59 Å². The first-order valence-electron chi connectivity index (χ1n) is 7.43. The normalized spacial score (nSPS) is 9.60. The summed E-state index contributed by atoms with van der Waals surface area (Å²) in [6, 6.07) is 14.2. The van der Waals surface area contributed by atoms with Crippen molar-refractivity contribution in [3.63, 3.8) is 0 Å². The third-order valence-corrected chi connectivity index (χ3v) is 3.16. The number of hydrogen-bond donors (Lipinski definition) is 2. The van der Waals surface area contributed by atoms with Crippen LogP contribution in [0.2, 0.25) is 0 Å².